The molecule has 0 aromatic carbocycles. The third kappa shape index (κ3) is 9.02. The number of alkyl halides is 3. The minimum absolute atomic E-state index is 0.201. The second-order valence-electron chi connectivity index (χ2n) is 5.37. The Hall–Kier alpha value is -0.700. The normalized spacial score (nSPS) is 17.4. The van der Waals surface area contributed by atoms with Crippen LogP contribution >= 0.6 is 22.6 Å². The van der Waals surface area contributed by atoms with Gasteiger partial charge in [0.1, 0.15) is 4.05 Å². The summed E-state index contributed by atoms with van der Waals surface area (Å²) in [5.41, 5.74) is 5.95. The van der Waals surface area contributed by atoms with Crippen molar-refractivity contribution in [3.8, 4) is 0 Å². The van der Waals surface area contributed by atoms with Crippen LogP contribution in [-0.4, -0.2) is 35.3 Å². The van der Waals surface area contributed by atoms with Crippen molar-refractivity contribution in [1.29, 1.82) is 0 Å². The smallest absolute Gasteiger partial charge is 0.167 e. The van der Waals surface area contributed by atoms with E-state index >= 15 is 0 Å². The van der Waals surface area contributed by atoms with E-state index in [-0.39, 0.29) is 4.05 Å². The molecule has 3 atom stereocenters. The van der Waals surface area contributed by atoms with E-state index in [9.17, 15) is 8.78 Å². The maximum atomic E-state index is 13.7. The highest BCUT2D eigenvalue weighted by molar-refractivity contribution is 14.1. The standard InChI is InChI=1S/C14H25F2IN4/c1-9(11(7-19-5)21-10(2)15)6-13(17)20-8-12(16)14(3,4)18/h7-8,10,12-13,19,21H,1,6,18H2,2-5H3/b11-7+,20-8?/t10?,12-,13?/m0/s1. The molecule has 0 fully saturated rings. The van der Waals surface area contributed by atoms with Crippen molar-refractivity contribution in [3.05, 3.63) is 24.0 Å². The average Bonchev–Trinajstić information content (AvgIpc) is 2.33. The molecule has 0 aliphatic heterocycles. The summed E-state index contributed by atoms with van der Waals surface area (Å²) in [6.45, 7) is 8.51. The van der Waals surface area contributed by atoms with Crippen molar-refractivity contribution in [2.75, 3.05) is 7.05 Å². The molecule has 0 aliphatic rings. The van der Waals surface area contributed by atoms with E-state index in [0.29, 0.717) is 17.7 Å². The Morgan fingerprint density at radius 2 is 2.05 bits per heavy atom. The van der Waals surface area contributed by atoms with Gasteiger partial charge in [0.25, 0.3) is 0 Å². The van der Waals surface area contributed by atoms with E-state index in [4.69, 9.17) is 5.73 Å². The van der Waals surface area contributed by atoms with Gasteiger partial charge in [0.05, 0.1) is 5.70 Å². The van der Waals surface area contributed by atoms with Crippen LogP contribution in [0.4, 0.5) is 8.78 Å². The summed E-state index contributed by atoms with van der Waals surface area (Å²) in [4.78, 5) is 4.13. The lowest BCUT2D eigenvalue weighted by molar-refractivity contribution is 0.296. The van der Waals surface area contributed by atoms with Crippen LogP contribution in [0.3, 0.4) is 0 Å². The van der Waals surface area contributed by atoms with Crippen LogP contribution < -0.4 is 16.4 Å². The van der Waals surface area contributed by atoms with Crippen LogP contribution in [0.1, 0.15) is 27.2 Å². The third-order valence-electron chi connectivity index (χ3n) is 2.53. The van der Waals surface area contributed by atoms with Crippen LogP contribution in [0.15, 0.2) is 29.0 Å². The second-order valence-corrected chi connectivity index (χ2v) is 6.81. The Labute approximate surface area is 139 Å². The molecule has 0 heterocycles. The molecule has 122 valence electrons. The fraction of sp³-hybridized carbons (Fsp3) is 0.643. The van der Waals surface area contributed by atoms with Gasteiger partial charge >= 0.3 is 0 Å². The Morgan fingerprint density at radius 1 is 1.48 bits per heavy atom. The van der Waals surface area contributed by atoms with Crippen LogP contribution in [0.5, 0.6) is 0 Å². The van der Waals surface area contributed by atoms with Crippen molar-refractivity contribution in [1.82, 2.24) is 10.6 Å². The van der Waals surface area contributed by atoms with E-state index in [1.807, 2.05) is 0 Å². The second kappa shape index (κ2) is 9.34. The van der Waals surface area contributed by atoms with Gasteiger partial charge in [-0.3, -0.25) is 4.99 Å². The molecule has 21 heavy (non-hydrogen) atoms. The summed E-state index contributed by atoms with van der Waals surface area (Å²) in [6, 6.07) is 0. The van der Waals surface area contributed by atoms with Crippen molar-refractivity contribution in [2.24, 2.45) is 10.7 Å². The highest BCUT2D eigenvalue weighted by atomic mass is 127. The molecule has 0 aromatic rings. The molecule has 0 aromatic heterocycles. The lowest BCUT2D eigenvalue weighted by Crippen LogP contribution is -2.43. The summed E-state index contributed by atoms with van der Waals surface area (Å²) in [6.07, 6.45) is 0.816. The van der Waals surface area contributed by atoms with Crippen molar-refractivity contribution < 1.29 is 8.78 Å². The molecule has 2 unspecified atom stereocenters. The number of hydrogen-bond acceptors (Lipinski definition) is 4. The number of rotatable bonds is 9. The van der Waals surface area contributed by atoms with E-state index in [2.05, 4.69) is 44.8 Å². The van der Waals surface area contributed by atoms with Gasteiger partial charge in [-0.1, -0.05) is 29.2 Å². The number of allylic oxidation sites excluding steroid dienone is 1. The largest absolute Gasteiger partial charge is 0.392 e. The number of aliphatic imine (C=N–C) groups is 1. The predicted molar refractivity (Wildman–Crippen MR) is 94.1 cm³/mol. The van der Waals surface area contributed by atoms with Gasteiger partial charge in [-0.05, 0) is 26.3 Å². The van der Waals surface area contributed by atoms with Crippen molar-refractivity contribution >= 4 is 28.8 Å². The highest BCUT2D eigenvalue weighted by Crippen LogP contribution is 2.19. The molecule has 0 saturated heterocycles. The number of hydrogen-bond donors (Lipinski definition) is 3. The summed E-state index contributed by atoms with van der Waals surface area (Å²) < 4.78 is 26.5. The predicted octanol–water partition coefficient (Wildman–Crippen LogP) is 2.81. The van der Waals surface area contributed by atoms with Gasteiger partial charge in [-0.2, -0.15) is 0 Å². The Bertz CT molecular complexity index is 389. The summed E-state index contributed by atoms with van der Waals surface area (Å²) >= 11 is 2.08. The van der Waals surface area contributed by atoms with Gasteiger partial charge in [0.15, 0.2) is 12.5 Å². The highest BCUT2D eigenvalue weighted by Gasteiger charge is 2.23. The minimum Gasteiger partial charge on any atom is -0.392 e. The quantitative estimate of drug-likeness (QED) is 0.179. The topological polar surface area (TPSA) is 62.4 Å². The maximum Gasteiger partial charge on any atom is 0.167 e. The molecule has 0 aliphatic carbocycles. The molecule has 0 rings (SSSR count). The fourth-order valence-electron chi connectivity index (χ4n) is 1.33. The van der Waals surface area contributed by atoms with Gasteiger partial charge < -0.3 is 16.4 Å². The third-order valence-corrected chi connectivity index (χ3v) is 3.29. The van der Waals surface area contributed by atoms with E-state index in [1.54, 1.807) is 27.1 Å². The zero-order valence-corrected chi connectivity index (χ0v) is 15.1. The molecular formula is C14H25F2IN4. The van der Waals surface area contributed by atoms with E-state index in [1.165, 1.54) is 13.1 Å². The molecule has 4 N–H and O–H groups in total. The van der Waals surface area contributed by atoms with Gasteiger partial charge in [-0.15, -0.1) is 0 Å². The Kier molecular flexibility index (Phi) is 9.03. The van der Waals surface area contributed by atoms with Crippen LogP contribution in [0, 0.1) is 0 Å². The Balaban J connectivity index is 4.62. The first-order chi connectivity index (χ1) is 9.57. The summed E-state index contributed by atoms with van der Waals surface area (Å²) in [7, 11) is 1.72. The first kappa shape index (κ1) is 20.3. The lowest BCUT2D eigenvalue weighted by atomic mass is 10.0. The number of nitrogens with two attached hydrogens (primary N) is 1. The molecule has 0 saturated carbocycles. The zero-order chi connectivity index (χ0) is 16.6. The SMILES string of the molecule is C=C(CC(I)N=C[C@H](F)C(C)(C)N)/C(=C\NC)NC(C)F. The van der Waals surface area contributed by atoms with Crippen LogP contribution in [0.2, 0.25) is 0 Å². The minimum atomic E-state index is -1.32. The van der Waals surface area contributed by atoms with Crippen molar-refractivity contribution in [3.63, 3.8) is 0 Å². The fourth-order valence-corrected chi connectivity index (χ4v) is 2.05. The summed E-state index contributed by atoms with van der Waals surface area (Å²) in [5.74, 6) is 0. The lowest BCUT2D eigenvalue weighted by Gasteiger charge is -2.20. The van der Waals surface area contributed by atoms with Gasteiger partial charge in [0, 0.05) is 31.4 Å². The number of nitrogens with zero attached hydrogens (tertiary/aromatic N) is 1. The zero-order valence-electron chi connectivity index (χ0n) is 13.0. The first-order valence-corrected chi connectivity index (χ1v) is 7.89. The van der Waals surface area contributed by atoms with Crippen LogP contribution in [0.25, 0.3) is 0 Å². The Morgan fingerprint density at radius 3 is 2.48 bits per heavy atom. The van der Waals surface area contributed by atoms with Crippen LogP contribution in [-0.2, 0) is 0 Å². The molecule has 0 bridgehead atoms. The van der Waals surface area contributed by atoms with Gasteiger partial charge in [-0.25, -0.2) is 8.78 Å². The number of nitrogens with one attached hydrogen (secondary N) is 2. The monoisotopic (exact) mass is 414 g/mol. The number of halogens is 3. The molecule has 7 heteroatoms. The molecule has 4 nitrogen and oxygen atoms in total. The van der Waals surface area contributed by atoms with Crippen molar-refractivity contribution in [2.45, 2.75) is 49.2 Å². The molecule has 0 radical (unpaired) electrons. The average molecular weight is 414 g/mol. The van der Waals surface area contributed by atoms with E-state index < -0.39 is 18.0 Å². The first-order valence-electron chi connectivity index (χ1n) is 6.64. The van der Waals surface area contributed by atoms with E-state index in [0.717, 1.165) is 0 Å². The molecule has 0 spiro atoms. The molecule has 0 amide bonds. The van der Waals surface area contributed by atoms with Gasteiger partial charge in [0.2, 0.25) is 0 Å². The maximum absolute atomic E-state index is 13.7. The molecular weight excluding hydrogens is 389 g/mol. The summed E-state index contributed by atoms with van der Waals surface area (Å²) in [5, 5.41) is 5.49.